The van der Waals surface area contributed by atoms with Gasteiger partial charge in [0.25, 0.3) is 5.91 Å². The van der Waals surface area contributed by atoms with Crippen molar-refractivity contribution in [2.24, 2.45) is 0 Å². The Kier molecular flexibility index (Phi) is 10.9. The Labute approximate surface area is 247 Å². The molecule has 8 nitrogen and oxygen atoms in total. The fraction of sp³-hybridized carbons (Fsp3) is 0.382. The number of piperazine rings is 1. The molecule has 222 valence electrons. The van der Waals surface area contributed by atoms with Crippen molar-refractivity contribution in [2.45, 2.75) is 50.9 Å². The zero-order valence-electron chi connectivity index (χ0n) is 24.4. The van der Waals surface area contributed by atoms with Gasteiger partial charge in [-0.15, -0.1) is 0 Å². The van der Waals surface area contributed by atoms with Gasteiger partial charge in [-0.2, -0.15) is 0 Å². The highest BCUT2D eigenvalue weighted by Gasteiger charge is 2.43. The lowest BCUT2D eigenvalue weighted by Crippen LogP contribution is -2.58. The van der Waals surface area contributed by atoms with E-state index in [0.29, 0.717) is 32.6 Å². The summed E-state index contributed by atoms with van der Waals surface area (Å²) < 4.78 is 11.0. The summed E-state index contributed by atoms with van der Waals surface area (Å²) in [4.78, 5) is 40.0. The summed E-state index contributed by atoms with van der Waals surface area (Å²) in [7, 11) is 0. The van der Waals surface area contributed by atoms with Crippen LogP contribution < -0.4 is 0 Å². The number of hydrogen-bond acceptors (Lipinski definition) is 6. The minimum atomic E-state index is -1.04. The van der Waals surface area contributed by atoms with Crippen LogP contribution in [-0.2, 0) is 29.4 Å². The van der Waals surface area contributed by atoms with Crippen molar-refractivity contribution in [2.75, 3.05) is 32.8 Å². The van der Waals surface area contributed by atoms with Crippen LogP contribution in [0, 0.1) is 0 Å². The van der Waals surface area contributed by atoms with Crippen LogP contribution in [0.4, 0.5) is 0 Å². The first-order chi connectivity index (χ1) is 20.3. The molecule has 2 unspecified atom stereocenters. The largest absolute Gasteiger partial charge is 0.481 e. The van der Waals surface area contributed by atoms with Crippen molar-refractivity contribution in [3.63, 3.8) is 0 Å². The van der Waals surface area contributed by atoms with Crippen LogP contribution in [0.2, 0.25) is 0 Å². The van der Waals surface area contributed by atoms with E-state index in [0.717, 1.165) is 0 Å². The van der Waals surface area contributed by atoms with Gasteiger partial charge in [0.1, 0.15) is 12.2 Å². The highest BCUT2D eigenvalue weighted by molar-refractivity contribution is 5.80. The third kappa shape index (κ3) is 7.43. The number of amides is 1. The third-order valence-electron chi connectivity index (χ3n) is 7.76. The van der Waals surface area contributed by atoms with Crippen molar-refractivity contribution >= 4 is 17.8 Å². The molecule has 3 aromatic carbocycles. The zero-order valence-corrected chi connectivity index (χ0v) is 24.4. The number of carboxylic acid groups (broad SMARTS) is 1. The topological polar surface area (TPSA) is 96.4 Å². The molecule has 1 aliphatic rings. The Bertz CT molecular complexity index is 1200. The van der Waals surface area contributed by atoms with Gasteiger partial charge in [0.2, 0.25) is 0 Å². The van der Waals surface area contributed by atoms with Crippen molar-refractivity contribution in [1.29, 1.82) is 0 Å². The van der Waals surface area contributed by atoms with Gasteiger partial charge in [0.15, 0.2) is 0 Å². The molecule has 42 heavy (non-hydrogen) atoms. The van der Waals surface area contributed by atoms with Gasteiger partial charge < -0.3 is 19.5 Å². The molecule has 1 amide bonds. The Morgan fingerprint density at radius 3 is 1.69 bits per heavy atom. The van der Waals surface area contributed by atoms with E-state index in [1.807, 2.05) is 23.1 Å². The quantitative estimate of drug-likeness (QED) is 0.234. The van der Waals surface area contributed by atoms with E-state index in [2.05, 4.69) is 77.7 Å². The number of nitrogens with zero attached hydrogens (tertiary/aromatic N) is 2. The average molecular weight is 573 g/mol. The smallest absolute Gasteiger partial charge is 0.306 e. The van der Waals surface area contributed by atoms with Crippen molar-refractivity contribution in [3.8, 4) is 0 Å². The minimum Gasteiger partial charge on any atom is -0.481 e. The summed E-state index contributed by atoms with van der Waals surface area (Å²) in [5, 5.41) is 8.70. The molecule has 0 spiro atoms. The van der Waals surface area contributed by atoms with E-state index in [9.17, 15) is 14.4 Å². The van der Waals surface area contributed by atoms with E-state index >= 15 is 0 Å². The number of carbonyl (C=O) groups is 3. The summed E-state index contributed by atoms with van der Waals surface area (Å²) >= 11 is 0. The van der Waals surface area contributed by atoms with Gasteiger partial charge >= 0.3 is 11.9 Å². The van der Waals surface area contributed by atoms with Crippen LogP contribution in [0.15, 0.2) is 91.0 Å². The van der Waals surface area contributed by atoms with E-state index in [1.165, 1.54) is 16.7 Å². The van der Waals surface area contributed by atoms with Crippen molar-refractivity contribution < 1.29 is 29.0 Å². The van der Waals surface area contributed by atoms with Crippen LogP contribution in [0.3, 0.4) is 0 Å². The molecule has 0 saturated carbocycles. The standard InChI is InChI=1S/C34H40N2O6/c1-26(42-32(39)19-18-31(37)38)20-25-41-27(2)33(40)35-21-23-36(24-22-35)34(28-12-6-3-7-13-28,29-14-8-4-9-15-29)30-16-10-5-11-17-30/h3-17,26-27H,18-25H2,1-2H3,(H,37,38). The number of esters is 1. The van der Waals surface area contributed by atoms with Crippen molar-refractivity contribution in [1.82, 2.24) is 9.80 Å². The van der Waals surface area contributed by atoms with Gasteiger partial charge in [-0.05, 0) is 30.5 Å². The predicted octanol–water partition coefficient (Wildman–Crippen LogP) is 4.71. The van der Waals surface area contributed by atoms with Crippen LogP contribution in [0.25, 0.3) is 0 Å². The van der Waals surface area contributed by atoms with E-state index in [4.69, 9.17) is 14.6 Å². The lowest BCUT2D eigenvalue weighted by Gasteiger charge is -2.49. The SMILES string of the molecule is CC(CCOC(C)C(=O)N1CCN(C(c2ccccc2)(c2ccccc2)c2ccccc2)CC1)OC(=O)CCC(=O)O. The van der Waals surface area contributed by atoms with Gasteiger partial charge in [-0.25, -0.2) is 0 Å². The number of aliphatic carboxylic acids is 1. The molecule has 0 aromatic heterocycles. The Balaban J connectivity index is 1.41. The maximum Gasteiger partial charge on any atom is 0.306 e. The summed E-state index contributed by atoms with van der Waals surface area (Å²) in [6, 6.07) is 31.6. The molecule has 1 aliphatic heterocycles. The zero-order chi connectivity index (χ0) is 30.0. The Morgan fingerprint density at radius 1 is 0.762 bits per heavy atom. The summed E-state index contributed by atoms with van der Waals surface area (Å²) in [5.41, 5.74) is 3.02. The molecule has 1 fully saturated rings. The monoisotopic (exact) mass is 572 g/mol. The van der Waals surface area contributed by atoms with E-state index in [1.54, 1.807) is 13.8 Å². The second kappa shape index (κ2) is 14.8. The lowest BCUT2D eigenvalue weighted by atomic mass is 9.75. The van der Waals surface area contributed by atoms with Crippen LogP contribution in [0.1, 0.15) is 49.8 Å². The highest BCUT2D eigenvalue weighted by Crippen LogP contribution is 2.42. The first kappa shape index (κ1) is 30.9. The minimum absolute atomic E-state index is 0.0644. The molecule has 4 rings (SSSR count). The van der Waals surface area contributed by atoms with Gasteiger partial charge in [0.05, 0.1) is 25.0 Å². The van der Waals surface area contributed by atoms with Crippen molar-refractivity contribution in [3.05, 3.63) is 108 Å². The molecule has 1 heterocycles. The Hall–Kier alpha value is -4.01. The second-order valence-electron chi connectivity index (χ2n) is 10.6. The lowest BCUT2D eigenvalue weighted by molar-refractivity contribution is -0.153. The summed E-state index contributed by atoms with van der Waals surface area (Å²) in [5.74, 6) is -1.66. The molecular weight excluding hydrogens is 532 g/mol. The van der Waals surface area contributed by atoms with Crippen LogP contribution >= 0.6 is 0 Å². The molecule has 0 bridgehead atoms. The Morgan fingerprint density at radius 2 is 1.24 bits per heavy atom. The number of ether oxygens (including phenoxy) is 2. The number of benzene rings is 3. The molecule has 0 radical (unpaired) electrons. The maximum absolute atomic E-state index is 13.3. The molecule has 2 atom stereocenters. The normalized spacial score (nSPS) is 15.5. The third-order valence-corrected chi connectivity index (χ3v) is 7.76. The number of hydrogen-bond donors (Lipinski definition) is 1. The van der Waals surface area contributed by atoms with Crippen LogP contribution in [0.5, 0.6) is 0 Å². The number of carboxylic acids is 1. The summed E-state index contributed by atoms with van der Waals surface area (Å²) in [6.07, 6.45) is -1.07. The average Bonchev–Trinajstić information content (AvgIpc) is 3.02. The molecule has 1 N–H and O–H groups in total. The number of carbonyl (C=O) groups excluding carboxylic acids is 2. The number of rotatable bonds is 13. The molecule has 0 aliphatic carbocycles. The predicted molar refractivity (Wildman–Crippen MR) is 160 cm³/mol. The van der Waals surface area contributed by atoms with E-state index < -0.39 is 29.7 Å². The first-order valence-electron chi connectivity index (χ1n) is 14.6. The molecule has 8 heteroatoms. The van der Waals surface area contributed by atoms with Crippen LogP contribution in [-0.4, -0.2) is 77.7 Å². The summed E-state index contributed by atoms with van der Waals surface area (Å²) in [6.45, 7) is 6.23. The maximum atomic E-state index is 13.3. The van der Waals surface area contributed by atoms with Gasteiger partial charge in [0, 0.05) is 32.6 Å². The van der Waals surface area contributed by atoms with Gasteiger partial charge in [-0.1, -0.05) is 91.0 Å². The fourth-order valence-corrected chi connectivity index (χ4v) is 5.64. The molecule has 1 saturated heterocycles. The van der Waals surface area contributed by atoms with E-state index in [-0.39, 0.29) is 25.4 Å². The highest BCUT2D eigenvalue weighted by atomic mass is 16.5. The van der Waals surface area contributed by atoms with Gasteiger partial charge in [-0.3, -0.25) is 19.3 Å². The second-order valence-corrected chi connectivity index (χ2v) is 10.6. The molecular formula is C34H40N2O6. The molecule has 3 aromatic rings. The first-order valence-corrected chi connectivity index (χ1v) is 14.6. The fourth-order valence-electron chi connectivity index (χ4n) is 5.64.